The quantitative estimate of drug-likeness (QED) is 0.124. The second-order valence-corrected chi connectivity index (χ2v) is 10.0. The van der Waals surface area contributed by atoms with E-state index in [4.69, 9.17) is 19.2 Å². The molecule has 0 aliphatic heterocycles. The fourth-order valence-corrected chi connectivity index (χ4v) is 6.14. The first-order chi connectivity index (χ1) is 14.0. The topological polar surface area (TPSA) is 80.0 Å². The summed E-state index contributed by atoms with van der Waals surface area (Å²) < 4.78 is 17.8. The molecule has 0 aromatic heterocycles. The van der Waals surface area contributed by atoms with Gasteiger partial charge in [-0.15, -0.1) is 0 Å². The van der Waals surface area contributed by atoms with Crippen LogP contribution in [0, 0.1) is 0 Å². The molecule has 0 saturated heterocycles. The highest BCUT2D eigenvalue weighted by molar-refractivity contribution is 6.69. The zero-order chi connectivity index (χ0) is 22.0. The third-order valence-electron chi connectivity index (χ3n) is 5.05. The van der Waals surface area contributed by atoms with Crippen molar-refractivity contribution in [3.63, 3.8) is 0 Å². The predicted octanol–water partition coefficient (Wildman–Crippen LogP) is 5.62. The van der Waals surface area contributed by atoms with Gasteiger partial charge in [-0.1, -0.05) is 64.7 Å². The molecule has 0 aromatic rings. The number of rotatable bonds is 19. The number of nitrogens with two attached hydrogens (primary N) is 1. The fraction of sp³-hybridized carbons (Fsp3) is 0.864. The largest absolute Gasteiger partial charge is 0.533 e. The molecule has 0 radical (unpaired) electrons. The summed E-state index contributed by atoms with van der Waals surface area (Å²) in [7, 11) is -3.12. The van der Waals surface area contributed by atoms with Crippen LogP contribution in [0.1, 0.15) is 105 Å². The summed E-state index contributed by atoms with van der Waals surface area (Å²) in [6, 6.07) is 0. The van der Waals surface area contributed by atoms with E-state index in [1.807, 2.05) is 27.7 Å². The Balaban J connectivity index is 4.82. The molecule has 0 aliphatic carbocycles. The van der Waals surface area contributed by atoms with Crippen LogP contribution in [0.5, 0.6) is 0 Å². The Bertz CT molecular complexity index is 439. The Morgan fingerprint density at radius 1 is 0.724 bits per heavy atom. The molecule has 29 heavy (non-hydrogen) atoms. The third kappa shape index (κ3) is 11.3. The molecule has 0 spiro atoms. The molecule has 0 unspecified atom stereocenters. The summed E-state index contributed by atoms with van der Waals surface area (Å²) in [5.41, 5.74) is 0.536. The second-order valence-electron chi connectivity index (χ2n) is 7.30. The lowest BCUT2D eigenvalue weighted by atomic mass is 10.0. The summed E-state index contributed by atoms with van der Waals surface area (Å²) in [5.74, 6) is 4.69. The van der Waals surface area contributed by atoms with Gasteiger partial charge in [-0.05, 0) is 40.5 Å². The smallest absolute Gasteiger partial charge is 0.370 e. The first kappa shape index (κ1) is 28.3. The molecule has 0 atom stereocenters. The van der Waals surface area contributed by atoms with Crippen LogP contribution >= 0.6 is 0 Å². The molecule has 0 amide bonds. The van der Waals surface area contributed by atoms with E-state index in [-0.39, 0.29) is 0 Å². The molecular formula is C22H45NO5Si. The summed E-state index contributed by atoms with van der Waals surface area (Å²) in [5, 5.41) is 0.717. The zero-order valence-electron chi connectivity index (χ0n) is 19.5. The Morgan fingerprint density at radius 2 is 1.14 bits per heavy atom. The van der Waals surface area contributed by atoms with Gasteiger partial charge in [0.25, 0.3) is 0 Å². The van der Waals surface area contributed by atoms with E-state index in [1.165, 1.54) is 51.4 Å². The van der Waals surface area contributed by atoms with Crippen LogP contribution in [0.2, 0.25) is 0 Å². The van der Waals surface area contributed by atoms with Crippen LogP contribution in [-0.2, 0) is 22.9 Å². The summed E-state index contributed by atoms with van der Waals surface area (Å²) in [6.45, 7) is 11.2. The van der Waals surface area contributed by atoms with Gasteiger partial charge in [-0.3, -0.25) is 0 Å². The molecule has 0 bridgehead atoms. The molecule has 0 heterocycles. The SMILES string of the molecule is CCCCCCCCCCCCC(C(=O)ON)=C(C)[Si](OCC)(OCC)OCC. The van der Waals surface area contributed by atoms with Gasteiger partial charge < -0.3 is 18.1 Å². The van der Waals surface area contributed by atoms with Crippen LogP contribution in [0.4, 0.5) is 0 Å². The maximum Gasteiger partial charge on any atom is 0.533 e. The van der Waals surface area contributed by atoms with Crippen molar-refractivity contribution in [2.45, 2.75) is 105 Å². The monoisotopic (exact) mass is 431 g/mol. The molecule has 6 nitrogen and oxygen atoms in total. The average Bonchev–Trinajstić information content (AvgIpc) is 2.71. The molecule has 0 aromatic carbocycles. The summed E-state index contributed by atoms with van der Waals surface area (Å²) >= 11 is 0. The van der Waals surface area contributed by atoms with E-state index in [9.17, 15) is 4.79 Å². The normalized spacial score (nSPS) is 12.8. The van der Waals surface area contributed by atoms with Crippen LogP contribution in [0.15, 0.2) is 10.8 Å². The number of unbranched alkanes of at least 4 members (excludes halogenated alkanes) is 9. The number of carbonyl (C=O) groups is 1. The fourth-order valence-electron chi connectivity index (χ4n) is 3.51. The Hall–Kier alpha value is -0.733. The van der Waals surface area contributed by atoms with Crippen molar-refractivity contribution < 1.29 is 22.9 Å². The Labute approximate surface area is 179 Å². The van der Waals surface area contributed by atoms with E-state index < -0.39 is 14.8 Å². The molecule has 0 aliphatic rings. The van der Waals surface area contributed by atoms with Gasteiger partial charge in [-0.25, -0.2) is 4.79 Å². The zero-order valence-corrected chi connectivity index (χ0v) is 20.5. The van der Waals surface area contributed by atoms with E-state index >= 15 is 0 Å². The summed E-state index contributed by atoms with van der Waals surface area (Å²) in [6.07, 6.45) is 13.0. The molecule has 172 valence electrons. The van der Waals surface area contributed by atoms with Crippen LogP contribution in [0.3, 0.4) is 0 Å². The summed E-state index contributed by atoms with van der Waals surface area (Å²) in [4.78, 5) is 16.9. The molecule has 7 heteroatoms. The van der Waals surface area contributed by atoms with E-state index in [0.29, 0.717) is 31.8 Å². The van der Waals surface area contributed by atoms with E-state index in [1.54, 1.807) is 0 Å². The Kier molecular flexibility index (Phi) is 17.6. The van der Waals surface area contributed by atoms with Crippen molar-refractivity contribution in [1.29, 1.82) is 0 Å². The van der Waals surface area contributed by atoms with Gasteiger partial charge in [0.05, 0.1) is 0 Å². The Morgan fingerprint density at radius 3 is 1.52 bits per heavy atom. The van der Waals surface area contributed by atoms with Crippen LogP contribution < -0.4 is 5.90 Å². The number of hydrogen-bond acceptors (Lipinski definition) is 6. The lowest BCUT2D eigenvalue weighted by Gasteiger charge is -2.30. The first-order valence-corrected chi connectivity index (χ1v) is 13.3. The molecule has 0 fully saturated rings. The molecular weight excluding hydrogens is 386 g/mol. The standard InChI is InChI=1S/C22H45NO5Si/c1-6-10-11-12-13-14-15-16-17-18-19-21(22(24)28-23)20(5)29(25-7-2,26-8-3)27-9-4/h6-19,23H2,1-5H3. The second kappa shape index (κ2) is 18.1. The maximum atomic E-state index is 12.4. The lowest BCUT2D eigenvalue weighted by molar-refractivity contribution is -0.139. The van der Waals surface area contributed by atoms with Gasteiger partial charge in [-0.2, -0.15) is 5.90 Å². The van der Waals surface area contributed by atoms with Crippen molar-refractivity contribution in [3.05, 3.63) is 10.8 Å². The minimum absolute atomic E-state index is 0.451. The minimum atomic E-state index is -3.12. The van der Waals surface area contributed by atoms with Crippen molar-refractivity contribution in [3.8, 4) is 0 Å². The highest BCUT2D eigenvalue weighted by Gasteiger charge is 2.45. The van der Waals surface area contributed by atoms with Gasteiger partial charge in [0, 0.05) is 30.6 Å². The van der Waals surface area contributed by atoms with E-state index in [0.717, 1.165) is 18.0 Å². The minimum Gasteiger partial charge on any atom is -0.370 e. The van der Waals surface area contributed by atoms with Crippen molar-refractivity contribution in [2.24, 2.45) is 5.90 Å². The van der Waals surface area contributed by atoms with Gasteiger partial charge in [0.1, 0.15) is 0 Å². The number of carbonyl (C=O) groups excluding carboxylic acids is 1. The molecule has 0 saturated carbocycles. The van der Waals surface area contributed by atoms with Gasteiger partial charge >= 0.3 is 14.8 Å². The number of allylic oxidation sites excluding steroid dienone is 1. The molecule has 0 rings (SSSR count). The molecule has 2 N–H and O–H groups in total. The highest BCUT2D eigenvalue weighted by atomic mass is 28.4. The maximum absolute atomic E-state index is 12.4. The predicted molar refractivity (Wildman–Crippen MR) is 120 cm³/mol. The van der Waals surface area contributed by atoms with Crippen molar-refractivity contribution >= 4 is 14.8 Å². The van der Waals surface area contributed by atoms with Crippen LogP contribution in [0.25, 0.3) is 0 Å². The lowest BCUT2D eigenvalue weighted by Crippen LogP contribution is -2.48. The van der Waals surface area contributed by atoms with Gasteiger partial charge in [0.2, 0.25) is 0 Å². The van der Waals surface area contributed by atoms with Crippen molar-refractivity contribution in [1.82, 2.24) is 0 Å². The van der Waals surface area contributed by atoms with Crippen LogP contribution in [-0.4, -0.2) is 34.6 Å². The highest BCUT2D eigenvalue weighted by Crippen LogP contribution is 2.27. The average molecular weight is 432 g/mol. The number of hydrogen-bond donors (Lipinski definition) is 1. The third-order valence-corrected chi connectivity index (χ3v) is 8.28. The van der Waals surface area contributed by atoms with E-state index in [2.05, 4.69) is 11.8 Å². The first-order valence-electron chi connectivity index (χ1n) is 11.6. The van der Waals surface area contributed by atoms with Gasteiger partial charge in [0.15, 0.2) is 0 Å². The van der Waals surface area contributed by atoms with Crippen molar-refractivity contribution in [2.75, 3.05) is 19.8 Å².